The quantitative estimate of drug-likeness (QED) is 0.430. The summed E-state index contributed by atoms with van der Waals surface area (Å²) in [4.78, 5) is 12.8. The molecule has 6 heteroatoms. The van der Waals surface area contributed by atoms with E-state index in [1.54, 1.807) is 42.5 Å². The normalized spacial score (nSPS) is 10.8. The Morgan fingerprint density at radius 1 is 1.00 bits per heavy atom. The number of para-hydroxylation sites is 1. The predicted octanol–water partition coefficient (Wildman–Crippen LogP) is 6.09. The molecule has 4 rings (SSSR count). The molecular formula is C22H16ClFN2O2. The van der Waals surface area contributed by atoms with Crippen LogP contribution in [0.25, 0.3) is 11.0 Å². The minimum atomic E-state index is -0.389. The first-order valence-electron chi connectivity index (χ1n) is 8.67. The van der Waals surface area contributed by atoms with Gasteiger partial charge in [-0.25, -0.2) is 4.39 Å². The Kier molecular flexibility index (Phi) is 5.00. The molecule has 0 radical (unpaired) electrons. The van der Waals surface area contributed by atoms with Crippen LogP contribution in [0.2, 0.25) is 5.02 Å². The Morgan fingerprint density at radius 2 is 1.79 bits per heavy atom. The van der Waals surface area contributed by atoms with Crippen molar-refractivity contribution in [3.05, 3.63) is 95.0 Å². The third kappa shape index (κ3) is 3.85. The molecule has 0 atom stereocenters. The van der Waals surface area contributed by atoms with Gasteiger partial charge in [0.15, 0.2) is 0 Å². The van der Waals surface area contributed by atoms with Crippen LogP contribution in [-0.4, -0.2) is 5.91 Å². The Balaban J connectivity index is 1.64. The average Bonchev–Trinajstić information content (AvgIpc) is 3.06. The lowest BCUT2D eigenvalue weighted by molar-refractivity contribution is 0.0999. The molecule has 1 heterocycles. The molecule has 2 N–H and O–H groups in total. The number of amides is 1. The van der Waals surface area contributed by atoms with Crippen LogP contribution in [0.1, 0.15) is 16.1 Å². The van der Waals surface area contributed by atoms with Crippen LogP contribution in [0.4, 0.5) is 15.8 Å². The number of halogens is 2. The van der Waals surface area contributed by atoms with Crippen LogP contribution in [0.15, 0.2) is 77.2 Å². The van der Waals surface area contributed by atoms with Gasteiger partial charge in [-0.05, 0) is 48.0 Å². The minimum Gasteiger partial charge on any atom is -0.449 e. The molecule has 28 heavy (non-hydrogen) atoms. The zero-order chi connectivity index (χ0) is 19.5. The second kappa shape index (κ2) is 7.74. The van der Waals surface area contributed by atoms with Gasteiger partial charge in [0.25, 0.3) is 5.91 Å². The van der Waals surface area contributed by atoms with Gasteiger partial charge in [-0.2, -0.15) is 0 Å². The molecule has 0 saturated carbocycles. The first kappa shape index (κ1) is 18.1. The molecular weight excluding hydrogens is 379 g/mol. The van der Waals surface area contributed by atoms with Crippen LogP contribution >= 0.6 is 11.6 Å². The highest BCUT2D eigenvalue weighted by Gasteiger charge is 2.20. The maximum absolute atomic E-state index is 13.1. The first-order chi connectivity index (χ1) is 13.6. The third-order valence-electron chi connectivity index (χ3n) is 4.27. The lowest BCUT2D eigenvalue weighted by atomic mass is 10.2. The van der Waals surface area contributed by atoms with E-state index in [2.05, 4.69) is 10.6 Å². The largest absolute Gasteiger partial charge is 0.449 e. The van der Waals surface area contributed by atoms with Gasteiger partial charge in [0.05, 0.1) is 5.69 Å². The molecule has 0 aliphatic rings. The van der Waals surface area contributed by atoms with Crippen LogP contribution in [0.3, 0.4) is 0 Å². The number of rotatable bonds is 5. The van der Waals surface area contributed by atoms with Gasteiger partial charge in [0, 0.05) is 22.6 Å². The topological polar surface area (TPSA) is 54.3 Å². The predicted molar refractivity (Wildman–Crippen MR) is 109 cm³/mol. The molecule has 3 aromatic carbocycles. The number of anilines is 2. The van der Waals surface area contributed by atoms with Gasteiger partial charge in [0.2, 0.25) is 5.76 Å². The molecule has 4 aromatic rings. The second-order valence-corrected chi connectivity index (χ2v) is 6.68. The molecule has 4 nitrogen and oxygen atoms in total. The summed E-state index contributed by atoms with van der Waals surface area (Å²) in [7, 11) is 0. The summed E-state index contributed by atoms with van der Waals surface area (Å²) >= 11 is 5.98. The van der Waals surface area contributed by atoms with Crippen molar-refractivity contribution in [3.63, 3.8) is 0 Å². The molecule has 0 unspecified atom stereocenters. The summed E-state index contributed by atoms with van der Waals surface area (Å²) in [6.07, 6.45) is 0. The highest BCUT2D eigenvalue weighted by molar-refractivity contribution is 6.31. The molecule has 0 aliphatic carbocycles. The van der Waals surface area contributed by atoms with Gasteiger partial charge >= 0.3 is 0 Å². The van der Waals surface area contributed by atoms with Gasteiger partial charge in [-0.1, -0.05) is 41.9 Å². The second-order valence-electron chi connectivity index (χ2n) is 6.25. The number of fused-ring (bicyclic) bond motifs is 1. The third-order valence-corrected chi connectivity index (χ3v) is 4.50. The highest BCUT2D eigenvalue weighted by atomic mass is 35.5. The van der Waals surface area contributed by atoms with Gasteiger partial charge in [-0.3, -0.25) is 4.79 Å². The Morgan fingerprint density at radius 3 is 2.57 bits per heavy atom. The van der Waals surface area contributed by atoms with Crippen molar-refractivity contribution in [1.29, 1.82) is 0 Å². The van der Waals surface area contributed by atoms with Crippen molar-refractivity contribution in [2.45, 2.75) is 6.54 Å². The monoisotopic (exact) mass is 394 g/mol. The summed E-state index contributed by atoms with van der Waals surface area (Å²) in [5.41, 5.74) is 2.63. The number of furan rings is 1. The molecule has 0 bridgehead atoms. The van der Waals surface area contributed by atoms with Crippen molar-refractivity contribution in [1.82, 2.24) is 0 Å². The number of carbonyl (C=O) groups is 1. The molecule has 0 spiro atoms. The summed E-state index contributed by atoms with van der Waals surface area (Å²) in [6, 6.07) is 20.5. The zero-order valence-electron chi connectivity index (χ0n) is 14.7. The van der Waals surface area contributed by atoms with E-state index in [1.807, 2.05) is 18.2 Å². The number of nitrogens with one attached hydrogen (secondary N) is 2. The van der Waals surface area contributed by atoms with E-state index in [0.717, 1.165) is 10.9 Å². The minimum absolute atomic E-state index is 0.170. The summed E-state index contributed by atoms with van der Waals surface area (Å²) in [5.74, 6) is -0.512. The van der Waals surface area contributed by atoms with Crippen molar-refractivity contribution in [3.8, 4) is 0 Å². The number of hydrogen-bond acceptors (Lipinski definition) is 3. The van der Waals surface area contributed by atoms with Crippen molar-refractivity contribution in [2.75, 3.05) is 10.6 Å². The molecule has 1 aromatic heterocycles. The zero-order valence-corrected chi connectivity index (χ0v) is 15.5. The van der Waals surface area contributed by atoms with E-state index in [9.17, 15) is 9.18 Å². The SMILES string of the molecule is O=C(Nc1cccc(Cl)c1)c1oc2ccccc2c1NCc1ccc(F)cc1. The molecule has 0 aliphatic heterocycles. The maximum atomic E-state index is 13.1. The fourth-order valence-corrected chi connectivity index (χ4v) is 3.12. The molecule has 0 fully saturated rings. The first-order valence-corrected chi connectivity index (χ1v) is 9.05. The van der Waals surface area contributed by atoms with Crippen molar-refractivity contribution < 1.29 is 13.6 Å². The lowest BCUT2D eigenvalue weighted by Crippen LogP contribution is -2.13. The van der Waals surface area contributed by atoms with Gasteiger partial charge < -0.3 is 15.1 Å². The molecule has 1 amide bonds. The van der Waals surface area contributed by atoms with Gasteiger partial charge in [-0.15, -0.1) is 0 Å². The average molecular weight is 395 g/mol. The maximum Gasteiger partial charge on any atom is 0.293 e. The smallest absolute Gasteiger partial charge is 0.293 e. The molecule has 140 valence electrons. The van der Waals surface area contributed by atoms with Crippen LogP contribution in [-0.2, 0) is 6.54 Å². The van der Waals surface area contributed by atoms with Gasteiger partial charge in [0.1, 0.15) is 11.4 Å². The Labute approximate surface area is 165 Å². The van der Waals surface area contributed by atoms with Crippen LogP contribution in [0, 0.1) is 5.82 Å². The fourth-order valence-electron chi connectivity index (χ4n) is 2.93. The van der Waals surface area contributed by atoms with E-state index >= 15 is 0 Å². The van der Waals surface area contributed by atoms with E-state index in [0.29, 0.717) is 28.5 Å². The van der Waals surface area contributed by atoms with Crippen molar-refractivity contribution >= 4 is 39.9 Å². The van der Waals surface area contributed by atoms with Crippen molar-refractivity contribution in [2.24, 2.45) is 0 Å². The lowest BCUT2D eigenvalue weighted by Gasteiger charge is -2.08. The number of hydrogen-bond donors (Lipinski definition) is 2. The van der Waals surface area contributed by atoms with Crippen LogP contribution in [0.5, 0.6) is 0 Å². The molecule has 0 saturated heterocycles. The van der Waals surface area contributed by atoms with E-state index in [4.69, 9.17) is 16.0 Å². The summed E-state index contributed by atoms with van der Waals surface area (Å²) < 4.78 is 18.9. The van der Waals surface area contributed by atoms with Crippen LogP contribution < -0.4 is 10.6 Å². The van der Waals surface area contributed by atoms with E-state index < -0.39 is 0 Å². The number of carbonyl (C=O) groups excluding carboxylic acids is 1. The summed E-state index contributed by atoms with van der Waals surface area (Å²) in [6.45, 7) is 0.418. The summed E-state index contributed by atoms with van der Waals surface area (Å²) in [5, 5.41) is 7.36. The fraction of sp³-hybridized carbons (Fsp3) is 0.0455. The standard InChI is InChI=1S/C22H16ClFN2O2/c23-15-4-3-5-17(12-15)26-22(27)21-20(18-6-1-2-7-19(18)28-21)25-13-14-8-10-16(24)11-9-14/h1-12,25H,13H2,(H,26,27). The highest BCUT2D eigenvalue weighted by Crippen LogP contribution is 2.32. The van der Waals surface area contributed by atoms with E-state index in [1.165, 1.54) is 12.1 Å². The number of benzene rings is 3. The Bertz CT molecular complexity index is 1140. The Hall–Kier alpha value is -3.31. The van der Waals surface area contributed by atoms with E-state index in [-0.39, 0.29) is 17.5 Å².